The predicted octanol–water partition coefficient (Wildman–Crippen LogP) is 19.1. The molecule has 0 aliphatic carbocycles. The SMILES string of the molecule is CCCCCCCCCCCCCCCCCCCCCCCCCC(O)C(CO)NC(=O)CCCCCCCCCCCCCCCCOC(=O)CCCCCCCCCCCCCCC. The summed E-state index contributed by atoms with van der Waals surface area (Å²) in [6, 6.07) is -0.549. The second-order valence-corrected chi connectivity index (χ2v) is 21.4. The van der Waals surface area contributed by atoms with Crippen LogP contribution in [-0.2, 0) is 14.3 Å². The first kappa shape index (κ1) is 65.9. The minimum atomic E-state index is -0.671. The maximum absolute atomic E-state index is 12.5. The third-order valence-corrected chi connectivity index (χ3v) is 14.7. The van der Waals surface area contributed by atoms with Crippen LogP contribution in [0.25, 0.3) is 0 Å². The van der Waals surface area contributed by atoms with Crippen molar-refractivity contribution in [2.45, 2.75) is 366 Å². The van der Waals surface area contributed by atoms with Crippen molar-refractivity contribution in [1.29, 1.82) is 0 Å². The molecule has 0 saturated heterocycles. The van der Waals surface area contributed by atoms with Crippen molar-refractivity contribution in [1.82, 2.24) is 5.32 Å². The number of hydrogen-bond donors (Lipinski definition) is 3. The van der Waals surface area contributed by atoms with Gasteiger partial charge >= 0.3 is 5.97 Å². The first-order valence-corrected chi connectivity index (χ1v) is 30.8. The molecule has 0 aromatic heterocycles. The molecule has 6 nitrogen and oxygen atoms in total. The van der Waals surface area contributed by atoms with E-state index >= 15 is 0 Å². The molecule has 400 valence electrons. The monoisotopic (exact) mass is 948 g/mol. The summed E-state index contributed by atoms with van der Waals surface area (Å²) in [5.74, 6) is -0.0396. The van der Waals surface area contributed by atoms with Crippen molar-refractivity contribution >= 4 is 11.9 Å². The third-order valence-electron chi connectivity index (χ3n) is 14.7. The minimum absolute atomic E-state index is 0.000914. The van der Waals surface area contributed by atoms with Crippen LogP contribution in [0, 0.1) is 0 Å². The Balaban J connectivity index is 3.42. The molecule has 67 heavy (non-hydrogen) atoms. The molecule has 2 atom stereocenters. The molecule has 0 rings (SSSR count). The molecule has 0 bridgehead atoms. The van der Waals surface area contributed by atoms with Crippen LogP contribution in [0.1, 0.15) is 354 Å². The van der Waals surface area contributed by atoms with Gasteiger partial charge in [0, 0.05) is 12.8 Å². The highest BCUT2D eigenvalue weighted by Gasteiger charge is 2.20. The van der Waals surface area contributed by atoms with Crippen molar-refractivity contribution in [3.8, 4) is 0 Å². The Hall–Kier alpha value is -1.14. The van der Waals surface area contributed by atoms with E-state index in [2.05, 4.69) is 19.2 Å². The fraction of sp³-hybridized carbons (Fsp3) is 0.967. The van der Waals surface area contributed by atoms with Gasteiger partial charge in [-0.2, -0.15) is 0 Å². The molecule has 0 aromatic carbocycles. The maximum atomic E-state index is 12.5. The van der Waals surface area contributed by atoms with Crippen LogP contribution in [0.2, 0.25) is 0 Å². The van der Waals surface area contributed by atoms with Crippen LogP contribution < -0.4 is 5.32 Å². The molecule has 2 unspecified atom stereocenters. The lowest BCUT2D eigenvalue weighted by Gasteiger charge is -2.22. The number of aliphatic hydroxyl groups excluding tert-OH is 2. The Labute approximate surface area is 419 Å². The number of hydrogen-bond acceptors (Lipinski definition) is 5. The molecular formula is C61H121NO5. The van der Waals surface area contributed by atoms with Gasteiger partial charge in [0.15, 0.2) is 0 Å². The molecule has 3 N–H and O–H groups in total. The molecule has 0 spiro atoms. The maximum Gasteiger partial charge on any atom is 0.305 e. The fourth-order valence-corrected chi connectivity index (χ4v) is 9.94. The highest BCUT2D eigenvalue weighted by molar-refractivity contribution is 5.76. The molecule has 6 heteroatoms. The van der Waals surface area contributed by atoms with Gasteiger partial charge in [0.05, 0.1) is 25.4 Å². The van der Waals surface area contributed by atoms with Crippen molar-refractivity contribution < 1.29 is 24.5 Å². The molecular weight excluding hydrogens is 827 g/mol. The zero-order valence-corrected chi connectivity index (χ0v) is 45.7. The number of aliphatic hydroxyl groups is 2. The normalized spacial score (nSPS) is 12.5. The zero-order chi connectivity index (χ0) is 48.6. The highest BCUT2D eigenvalue weighted by Crippen LogP contribution is 2.18. The lowest BCUT2D eigenvalue weighted by Crippen LogP contribution is -2.45. The van der Waals surface area contributed by atoms with Crippen molar-refractivity contribution in [3.05, 3.63) is 0 Å². The van der Waals surface area contributed by atoms with Crippen molar-refractivity contribution in [3.63, 3.8) is 0 Å². The standard InChI is InChI=1S/C61H121NO5/c1-3-5-7-9-11-13-15-17-18-19-20-21-22-23-24-25-26-30-33-37-41-45-49-53-59(64)58(57-63)62-60(65)54-50-46-42-38-34-31-27-28-32-36-40-44-48-52-56-67-61(66)55-51-47-43-39-35-29-16-14-12-10-8-6-4-2/h58-59,63-64H,3-57H2,1-2H3,(H,62,65). The number of esters is 1. The topological polar surface area (TPSA) is 95.9 Å². The highest BCUT2D eigenvalue weighted by atomic mass is 16.5. The minimum Gasteiger partial charge on any atom is -0.466 e. The van der Waals surface area contributed by atoms with E-state index in [9.17, 15) is 19.8 Å². The largest absolute Gasteiger partial charge is 0.466 e. The van der Waals surface area contributed by atoms with Crippen LogP contribution >= 0.6 is 0 Å². The van der Waals surface area contributed by atoms with Crippen LogP contribution in [0.3, 0.4) is 0 Å². The second-order valence-electron chi connectivity index (χ2n) is 21.4. The Morgan fingerprint density at radius 1 is 0.358 bits per heavy atom. The van der Waals surface area contributed by atoms with Gasteiger partial charge in [0.25, 0.3) is 0 Å². The summed E-state index contributed by atoms with van der Waals surface area (Å²) in [5, 5.41) is 23.4. The summed E-state index contributed by atoms with van der Waals surface area (Å²) >= 11 is 0. The van der Waals surface area contributed by atoms with E-state index in [1.165, 1.54) is 270 Å². The van der Waals surface area contributed by atoms with E-state index in [1.807, 2.05) is 0 Å². The van der Waals surface area contributed by atoms with E-state index in [-0.39, 0.29) is 18.5 Å². The Bertz CT molecular complexity index is 959. The molecule has 0 heterocycles. The number of carbonyl (C=O) groups excluding carboxylic acids is 2. The van der Waals surface area contributed by atoms with Gasteiger partial charge in [-0.05, 0) is 25.7 Å². The Morgan fingerprint density at radius 2 is 0.612 bits per heavy atom. The van der Waals surface area contributed by atoms with Gasteiger partial charge in [0.2, 0.25) is 5.91 Å². The Kier molecular flexibility index (Phi) is 56.5. The van der Waals surface area contributed by atoms with E-state index in [0.29, 0.717) is 25.9 Å². The fourth-order valence-electron chi connectivity index (χ4n) is 9.94. The van der Waals surface area contributed by atoms with Crippen molar-refractivity contribution in [2.24, 2.45) is 0 Å². The van der Waals surface area contributed by atoms with Gasteiger partial charge < -0.3 is 20.3 Å². The molecule has 0 radical (unpaired) electrons. The first-order chi connectivity index (χ1) is 33.0. The lowest BCUT2D eigenvalue weighted by molar-refractivity contribution is -0.143. The average Bonchev–Trinajstić information content (AvgIpc) is 3.33. The summed E-state index contributed by atoms with van der Waals surface area (Å²) in [4.78, 5) is 24.6. The van der Waals surface area contributed by atoms with Crippen LogP contribution in [0.4, 0.5) is 0 Å². The number of nitrogens with one attached hydrogen (secondary N) is 1. The smallest absolute Gasteiger partial charge is 0.305 e. The summed E-state index contributed by atoms with van der Waals surface area (Å²) < 4.78 is 5.47. The average molecular weight is 949 g/mol. The van der Waals surface area contributed by atoms with E-state index < -0.39 is 12.1 Å². The van der Waals surface area contributed by atoms with Gasteiger partial charge in [-0.15, -0.1) is 0 Å². The summed E-state index contributed by atoms with van der Waals surface area (Å²) in [6.07, 6.45) is 66.7. The number of rotatable bonds is 58. The molecule has 0 aromatic rings. The molecule has 1 amide bonds. The number of carbonyl (C=O) groups is 2. The number of amides is 1. The molecule has 0 fully saturated rings. The summed E-state index contributed by atoms with van der Waals surface area (Å²) in [5.41, 5.74) is 0. The van der Waals surface area contributed by atoms with Crippen LogP contribution in [-0.4, -0.2) is 47.4 Å². The van der Waals surface area contributed by atoms with Gasteiger partial charge in [-0.3, -0.25) is 9.59 Å². The van der Waals surface area contributed by atoms with Gasteiger partial charge in [-0.1, -0.05) is 316 Å². The number of ether oxygens (including phenoxy) is 1. The lowest BCUT2D eigenvalue weighted by atomic mass is 10.0. The Morgan fingerprint density at radius 3 is 0.910 bits per heavy atom. The van der Waals surface area contributed by atoms with Crippen LogP contribution in [0.5, 0.6) is 0 Å². The van der Waals surface area contributed by atoms with Crippen molar-refractivity contribution in [2.75, 3.05) is 13.2 Å². The summed E-state index contributed by atoms with van der Waals surface area (Å²) in [6.45, 7) is 4.97. The summed E-state index contributed by atoms with van der Waals surface area (Å²) in [7, 11) is 0. The van der Waals surface area contributed by atoms with E-state index in [0.717, 1.165) is 51.4 Å². The number of unbranched alkanes of at least 4 members (excludes halogenated alkanes) is 47. The zero-order valence-electron chi connectivity index (χ0n) is 45.7. The van der Waals surface area contributed by atoms with Crippen LogP contribution in [0.15, 0.2) is 0 Å². The van der Waals surface area contributed by atoms with Gasteiger partial charge in [-0.25, -0.2) is 0 Å². The molecule has 0 saturated carbocycles. The molecule has 0 aliphatic rings. The van der Waals surface area contributed by atoms with E-state index in [4.69, 9.17) is 4.74 Å². The quantitative estimate of drug-likeness (QED) is 0.0417. The second kappa shape index (κ2) is 57.4. The predicted molar refractivity (Wildman–Crippen MR) is 292 cm³/mol. The van der Waals surface area contributed by atoms with Gasteiger partial charge in [0.1, 0.15) is 0 Å². The third kappa shape index (κ3) is 54.0. The first-order valence-electron chi connectivity index (χ1n) is 30.8. The molecule has 0 aliphatic heterocycles. The van der Waals surface area contributed by atoms with E-state index in [1.54, 1.807) is 0 Å².